The van der Waals surface area contributed by atoms with Gasteiger partial charge in [-0.15, -0.1) is 0 Å². The third kappa shape index (κ3) is 3.35. The molecule has 0 bridgehead atoms. The Bertz CT molecular complexity index is 787. The molecule has 2 aromatic rings. The van der Waals surface area contributed by atoms with Gasteiger partial charge in [-0.1, -0.05) is 12.1 Å². The zero-order chi connectivity index (χ0) is 18.7. The van der Waals surface area contributed by atoms with Crippen molar-refractivity contribution in [2.45, 2.75) is 25.4 Å². The number of aromatic nitrogens is 2. The Morgan fingerprint density at radius 1 is 1.31 bits per heavy atom. The lowest BCUT2D eigenvalue weighted by Crippen LogP contribution is -2.50. The van der Waals surface area contributed by atoms with Crippen molar-refractivity contribution in [1.82, 2.24) is 20.2 Å². The summed E-state index contributed by atoms with van der Waals surface area (Å²) >= 11 is 0. The van der Waals surface area contributed by atoms with E-state index < -0.39 is 12.0 Å². The number of fused-ring (bicyclic) bond motifs is 1. The molecule has 0 radical (unpaired) electrons. The molecule has 0 aliphatic carbocycles. The van der Waals surface area contributed by atoms with Crippen LogP contribution in [0.25, 0.3) is 0 Å². The molecule has 138 valence electrons. The smallest absolute Gasteiger partial charge is 0.328 e. The lowest BCUT2D eigenvalue weighted by Gasteiger charge is -2.35. The Balaban J connectivity index is 1.90. The molecule has 1 aliphatic heterocycles. The maximum absolute atomic E-state index is 12.8. The van der Waals surface area contributed by atoms with Gasteiger partial charge in [0.2, 0.25) is 0 Å². The summed E-state index contributed by atoms with van der Waals surface area (Å²) in [7, 11) is 2.90. The van der Waals surface area contributed by atoms with Gasteiger partial charge in [0.15, 0.2) is 0 Å². The number of methoxy groups -OCH3 is 2. The fraction of sp³-hybridized carbons (Fsp3) is 0.389. The summed E-state index contributed by atoms with van der Waals surface area (Å²) in [5, 5.41) is 2.70. The predicted molar refractivity (Wildman–Crippen MR) is 93.8 cm³/mol. The molecule has 8 nitrogen and oxygen atoms in total. The van der Waals surface area contributed by atoms with Crippen LogP contribution < -0.4 is 10.1 Å². The average molecular weight is 358 g/mol. The van der Waals surface area contributed by atoms with Gasteiger partial charge in [0, 0.05) is 18.7 Å². The van der Waals surface area contributed by atoms with Crippen LogP contribution in [0.15, 0.2) is 30.6 Å². The number of hydrogen-bond donors (Lipinski definition) is 2. The number of ether oxygens (including phenoxy) is 2. The van der Waals surface area contributed by atoms with Gasteiger partial charge in [-0.3, -0.25) is 0 Å². The first kappa shape index (κ1) is 17.8. The average Bonchev–Trinajstić information content (AvgIpc) is 3.15. The predicted octanol–water partition coefficient (Wildman–Crippen LogP) is 1.64. The number of urea groups is 1. The highest BCUT2D eigenvalue weighted by Crippen LogP contribution is 2.34. The van der Waals surface area contributed by atoms with Crippen LogP contribution in [-0.2, 0) is 16.0 Å². The minimum Gasteiger partial charge on any atom is -0.497 e. The molecule has 1 aliphatic rings. The van der Waals surface area contributed by atoms with Crippen LogP contribution in [0.1, 0.15) is 29.9 Å². The highest BCUT2D eigenvalue weighted by molar-refractivity contribution is 5.83. The number of hydrogen-bond acceptors (Lipinski definition) is 5. The van der Waals surface area contributed by atoms with Crippen molar-refractivity contribution < 1.29 is 19.1 Å². The minimum atomic E-state index is -0.732. The van der Waals surface area contributed by atoms with Crippen molar-refractivity contribution in [1.29, 1.82) is 0 Å². The van der Waals surface area contributed by atoms with E-state index in [1.165, 1.54) is 7.11 Å². The molecule has 3 rings (SSSR count). The normalized spacial score (nSPS) is 17.2. The fourth-order valence-corrected chi connectivity index (χ4v) is 3.12. The molecule has 2 amide bonds. The number of carbonyl (C=O) groups excluding carboxylic acids is 2. The zero-order valence-electron chi connectivity index (χ0n) is 15.0. The number of rotatable bonds is 4. The molecule has 0 fully saturated rings. The SMILES string of the molecule is COC(=O)[C@@H](C)NC(=O)N1CCc2[nH]cnc2[C@@H]1c1ccc(OC)cc1. The van der Waals surface area contributed by atoms with Crippen LogP contribution in [0.3, 0.4) is 0 Å². The Hall–Kier alpha value is -3.03. The van der Waals surface area contributed by atoms with Gasteiger partial charge in [-0.25, -0.2) is 14.6 Å². The summed E-state index contributed by atoms with van der Waals surface area (Å²) in [6.45, 7) is 2.10. The molecule has 1 aromatic heterocycles. The van der Waals surface area contributed by atoms with E-state index in [9.17, 15) is 9.59 Å². The van der Waals surface area contributed by atoms with Crippen LogP contribution in [0.5, 0.6) is 5.75 Å². The van der Waals surface area contributed by atoms with E-state index >= 15 is 0 Å². The summed E-state index contributed by atoms with van der Waals surface area (Å²) in [4.78, 5) is 33.7. The van der Waals surface area contributed by atoms with Crippen LogP contribution in [0.2, 0.25) is 0 Å². The third-order valence-electron chi connectivity index (χ3n) is 4.51. The lowest BCUT2D eigenvalue weighted by molar-refractivity contribution is -0.142. The molecule has 2 atom stereocenters. The van der Waals surface area contributed by atoms with Crippen LogP contribution in [-0.4, -0.2) is 53.7 Å². The summed E-state index contributed by atoms with van der Waals surface area (Å²) in [6, 6.07) is 6.12. The Labute approximate surface area is 151 Å². The van der Waals surface area contributed by atoms with Crippen molar-refractivity contribution in [3.63, 3.8) is 0 Å². The minimum absolute atomic E-state index is 0.336. The van der Waals surface area contributed by atoms with E-state index in [1.54, 1.807) is 25.3 Å². The van der Waals surface area contributed by atoms with Gasteiger partial charge in [-0.2, -0.15) is 0 Å². The molecule has 0 unspecified atom stereocenters. The number of benzene rings is 1. The number of nitrogens with one attached hydrogen (secondary N) is 2. The van der Waals surface area contributed by atoms with Gasteiger partial charge in [0.1, 0.15) is 17.8 Å². The van der Waals surface area contributed by atoms with Gasteiger partial charge in [0.25, 0.3) is 0 Å². The number of amides is 2. The zero-order valence-corrected chi connectivity index (χ0v) is 15.0. The summed E-state index contributed by atoms with van der Waals surface area (Å²) in [5.41, 5.74) is 2.73. The number of imidazole rings is 1. The maximum Gasteiger partial charge on any atom is 0.328 e. The monoisotopic (exact) mass is 358 g/mol. The second-order valence-electron chi connectivity index (χ2n) is 6.08. The van der Waals surface area contributed by atoms with Crippen molar-refractivity contribution in [2.24, 2.45) is 0 Å². The molecule has 8 heteroatoms. The summed E-state index contributed by atoms with van der Waals surface area (Å²) in [6.07, 6.45) is 2.31. The number of esters is 1. The second kappa shape index (κ2) is 7.47. The van der Waals surface area contributed by atoms with Gasteiger partial charge >= 0.3 is 12.0 Å². The first-order valence-electron chi connectivity index (χ1n) is 8.36. The molecule has 2 heterocycles. The number of aromatic amines is 1. The molecular weight excluding hydrogens is 336 g/mol. The van der Waals surface area contributed by atoms with E-state index in [4.69, 9.17) is 4.74 Å². The topological polar surface area (TPSA) is 96.6 Å². The highest BCUT2D eigenvalue weighted by atomic mass is 16.5. The second-order valence-corrected chi connectivity index (χ2v) is 6.08. The largest absolute Gasteiger partial charge is 0.497 e. The van der Waals surface area contributed by atoms with Crippen LogP contribution >= 0.6 is 0 Å². The van der Waals surface area contributed by atoms with Gasteiger partial charge in [0.05, 0.1) is 26.2 Å². The van der Waals surface area contributed by atoms with Crippen LogP contribution in [0.4, 0.5) is 4.79 Å². The highest BCUT2D eigenvalue weighted by Gasteiger charge is 2.35. The first-order chi connectivity index (χ1) is 12.5. The fourth-order valence-electron chi connectivity index (χ4n) is 3.12. The van der Waals surface area contributed by atoms with Crippen molar-refractivity contribution in [2.75, 3.05) is 20.8 Å². The van der Waals surface area contributed by atoms with E-state index in [0.717, 1.165) is 22.7 Å². The van der Waals surface area contributed by atoms with E-state index in [2.05, 4.69) is 20.0 Å². The summed E-state index contributed by atoms with van der Waals surface area (Å²) < 4.78 is 9.89. The number of carbonyl (C=O) groups is 2. The van der Waals surface area contributed by atoms with E-state index in [0.29, 0.717) is 13.0 Å². The molecule has 0 saturated heterocycles. The molecule has 0 spiro atoms. The van der Waals surface area contributed by atoms with Crippen molar-refractivity contribution in [3.8, 4) is 5.75 Å². The van der Waals surface area contributed by atoms with Gasteiger partial charge in [-0.05, 0) is 24.6 Å². The summed E-state index contributed by atoms with van der Waals surface area (Å²) in [5.74, 6) is 0.249. The molecule has 2 N–H and O–H groups in total. The first-order valence-corrected chi connectivity index (χ1v) is 8.36. The van der Waals surface area contributed by atoms with E-state index in [-0.39, 0.29) is 12.1 Å². The van der Waals surface area contributed by atoms with Gasteiger partial charge < -0.3 is 24.7 Å². The Kier molecular flexibility index (Phi) is 5.11. The van der Waals surface area contributed by atoms with Crippen molar-refractivity contribution >= 4 is 12.0 Å². The van der Waals surface area contributed by atoms with Crippen LogP contribution in [0, 0.1) is 0 Å². The number of nitrogens with zero attached hydrogens (tertiary/aromatic N) is 2. The van der Waals surface area contributed by atoms with Crippen molar-refractivity contribution in [3.05, 3.63) is 47.5 Å². The Morgan fingerprint density at radius 2 is 2.04 bits per heavy atom. The maximum atomic E-state index is 12.8. The standard InChI is InChI=1S/C18H22N4O4/c1-11(17(23)26-3)21-18(24)22-9-8-14-15(20-10-19-14)16(22)12-4-6-13(25-2)7-5-12/h4-7,10-11,16H,8-9H2,1-3H3,(H,19,20)(H,21,24)/t11-,16+/m1/s1. The Morgan fingerprint density at radius 3 is 2.69 bits per heavy atom. The molecule has 0 saturated carbocycles. The molecular formula is C18H22N4O4. The lowest BCUT2D eigenvalue weighted by atomic mass is 9.96. The molecule has 1 aromatic carbocycles. The third-order valence-corrected chi connectivity index (χ3v) is 4.51. The quantitative estimate of drug-likeness (QED) is 0.810. The van der Waals surface area contributed by atoms with E-state index in [1.807, 2.05) is 24.3 Å². The number of H-pyrrole nitrogens is 1. The molecule has 26 heavy (non-hydrogen) atoms.